The highest BCUT2D eigenvalue weighted by Crippen LogP contribution is 2.20. The molecule has 0 radical (unpaired) electrons. The fourth-order valence-corrected chi connectivity index (χ4v) is 2.98. The molecule has 2 nitrogen and oxygen atoms in total. The van der Waals surface area contributed by atoms with E-state index in [1.807, 2.05) is 0 Å². The van der Waals surface area contributed by atoms with E-state index in [0.29, 0.717) is 6.04 Å². The minimum atomic E-state index is 0.431. The summed E-state index contributed by atoms with van der Waals surface area (Å²) in [6.07, 6.45) is 2.21. The molecule has 1 unspecified atom stereocenters. The van der Waals surface area contributed by atoms with Gasteiger partial charge in [0.15, 0.2) is 0 Å². The fourth-order valence-electron chi connectivity index (χ4n) is 1.44. The zero-order chi connectivity index (χ0) is 11.1. The van der Waals surface area contributed by atoms with Gasteiger partial charge in [-0.25, -0.2) is 0 Å². The first kappa shape index (κ1) is 13.2. The lowest BCUT2D eigenvalue weighted by Gasteiger charge is -2.16. The van der Waals surface area contributed by atoms with Gasteiger partial charge in [-0.1, -0.05) is 6.92 Å². The van der Waals surface area contributed by atoms with Gasteiger partial charge in [0.05, 0.1) is 6.61 Å². The number of thiophene rings is 1. The molecule has 0 spiro atoms. The maximum atomic E-state index is 5.21. The lowest BCUT2D eigenvalue weighted by Crippen LogP contribution is -2.35. The standard InChI is InChI=1S/C11H18BrNOS/c1-3-4-13-10(7-14-2)6-11-5-9(12)8-15-11/h5,8,10,13H,3-4,6-7H2,1-2H3. The van der Waals surface area contributed by atoms with E-state index in [1.165, 1.54) is 9.35 Å². The highest BCUT2D eigenvalue weighted by Gasteiger charge is 2.09. The number of methoxy groups -OCH3 is 1. The summed E-state index contributed by atoms with van der Waals surface area (Å²) in [6.45, 7) is 4.01. The van der Waals surface area contributed by atoms with Crippen molar-refractivity contribution in [3.63, 3.8) is 0 Å². The van der Waals surface area contributed by atoms with Crippen molar-refractivity contribution in [3.8, 4) is 0 Å². The fraction of sp³-hybridized carbons (Fsp3) is 0.636. The van der Waals surface area contributed by atoms with Crippen molar-refractivity contribution < 1.29 is 4.74 Å². The van der Waals surface area contributed by atoms with Crippen LogP contribution in [-0.2, 0) is 11.2 Å². The molecule has 0 bridgehead atoms. The maximum Gasteiger partial charge on any atom is 0.0619 e. The Morgan fingerprint density at radius 2 is 2.40 bits per heavy atom. The molecule has 1 N–H and O–H groups in total. The van der Waals surface area contributed by atoms with Gasteiger partial charge in [0.2, 0.25) is 0 Å². The Kier molecular flexibility index (Phi) is 6.48. The quantitative estimate of drug-likeness (QED) is 0.834. The van der Waals surface area contributed by atoms with Crippen LogP contribution in [0.2, 0.25) is 0 Å². The molecule has 1 heterocycles. The molecule has 0 saturated carbocycles. The number of hydrogen-bond donors (Lipinski definition) is 1. The molecule has 86 valence electrons. The Balaban J connectivity index is 2.42. The molecule has 0 aliphatic heterocycles. The van der Waals surface area contributed by atoms with Crippen LogP contribution in [0.3, 0.4) is 0 Å². The molecular weight excluding hydrogens is 274 g/mol. The van der Waals surface area contributed by atoms with Crippen LogP contribution >= 0.6 is 27.3 Å². The molecule has 1 aromatic rings. The first-order valence-corrected chi connectivity index (χ1v) is 6.88. The highest BCUT2D eigenvalue weighted by molar-refractivity contribution is 9.10. The summed E-state index contributed by atoms with van der Waals surface area (Å²) in [7, 11) is 1.75. The van der Waals surface area contributed by atoms with Gasteiger partial charge in [-0.05, 0) is 41.4 Å². The number of rotatable bonds is 7. The Morgan fingerprint density at radius 1 is 1.60 bits per heavy atom. The molecule has 0 aromatic carbocycles. The first-order chi connectivity index (χ1) is 7.26. The van der Waals surface area contributed by atoms with Crippen LogP contribution < -0.4 is 5.32 Å². The third kappa shape index (κ3) is 5.11. The van der Waals surface area contributed by atoms with E-state index in [0.717, 1.165) is 26.0 Å². The van der Waals surface area contributed by atoms with Gasteiger partial charge in [0.25, 0.3) is 0 Å². The maximum absolute atomic E-state index is 5.21. The minimum Gasteiger partial charge on any atom is -0.383 e. The molecule has 1 atom stereocenters. The van der Waals surface area contributed by atoms with E-state index in [1.54, 1.807) is 18.4 Å². The molecule has 0 amide bonds. The van der Waals surface area contributed by atoms with Gasteiger partial charge in [0.1, 0.15) is 0 Å². The summed E-state index contributed by atoms with van der Waals surface area (Å²) in [4.78, 5) is 1.40. The Bertz CT molecular complexity index is 277. The van der Waals surface area contributed by atoms with Gasteiger partial charge in [-0.2, -0.15) is 0 Å². The molecule has 4 heteroatoms. The predicted octanol–water partition coefficient (Wildman–Crippen LogP) is 3.07. The lowest BCUT2D eigenvalue weighted by molar-refractivity contribution is 0.166. The zero-order valence-corrected chi connectivity index (χ0v) is 11.7. The third-order valence-electron chi connectivity index (χ3n) is 2.12. The van der Waals surface area contributed by atoms with Crippen molar-refractivity contribution in [1.29, 1.82) is 0 Å². The van der Waals surface area contributed by atoms with Gasteiger partial charge >= 0.3 is 0 Å². The molecule has 0 saturated heterocycles. The van der Waals surface area contributed by atoms with Crippen molar-refractivity contribution in [2.45, 2.75) is 25.8 Å². The average Bonchev–Trinajstić information content (AvgIpc) is 2.61. The molecule has 15 heavy (non-hydrogen) atoms. The zero-order valence-electron chi connectivity index (χ0n) is 9.25. The summed E-state index contributed by atoms with van der Waals surface area (Å²) in [5.74, 6) is 0. The van der Waals surface area contributed by atoms with Crippen molar-refractivity contribution >= 4 is 27.3 Å². The van der Waals surface area contributed by atoms with Crippen LogP contribution in [0.15, 0.2) is 15.9 Å². The van der Waals surface area contributed by atoms with Crippen molar-refractivity contribution in [2.24, 2.45) is 0 Å². The number of halogens is 1. The Labute approximate surface area is 104 Å². The monoisotopic (exact) mass is 291 g/mol. The molecule has 0 aliphatic carbocycles. The average molecular weight is 292 g/mol. The normalized spacial score (nSPS) is 13.0. The molecule has 1 rings (SSSR count). The minimum absolute atomic E-state index is 0.431. The van der Waals surface area contributed by atoms with Gasteiger partial charge < -0.3 is 10.1 Å². The SMILES string of the molecule is CCCNC(COC)Cc1cc(Br)cs1. The van der Waals surface area contributed by atoms with Crippen LogP contribution in [-0.4, -0.2) is 26.3 Å². The Hall–Kier alpha value is 0.1000. The van der Waals surface area contributed by atoms with Crippen LogP contribution in [0, 0.1) is 0 Å². The van der Waals surface area contributed by atoms with E-state index in [9.17, 15) is 0 Å². The van der Waals surface area contributed by atoms with E-state index in [4.69, 9.17) is 4.74 Å². The van der Waals surface area contributed by atoms with E-state index in [2.05, 4.69) is 39.6 Å². The summed E-state index contributed by atoms with van der Waals surface area (Å²) in [5, 5.41) is 5.62. The van der Waals surface area contributed by atoms with Gasteiger partial charge in [-0.15, -0.1) is 11.3 Å². The summed E-state index contributed by atoms with van der Waals surface area (Å²) < 4.78 is 6.39. The van der Waals surface area contributed by atoms with Crippen LogP contribution in [0.4, 0.5) is 0 Å². The Morgan fingerprint density at radius 3 is 2.93 bits per heavy atom. The molecular formula is C11H18BrNOS. The predicted molar refractivity (Wildman–Crippen MR) is 69.7 cm³/mol. The smallest absolute Gasteiger partial charge is 0.0619 e. The van der Waals surface area contributed by atoms with Crippen molar-refractivity contribution in [3.05, 3.63) is 20.8 Å². The van der Waals surface area contributed by atoms with Crippen molar-refractivity contribution in [2.75, 3.05) is 20.3 Å². The second-order valence-electron chi connectivity index (χ2n) is 3.54. The van der Waals surface area contributed by atoms with E-state index < -0.39 is 0 Å². The lowest BCUT2D eigenvalue weighted by atomic mass is 10.2. The number of ether oxygens (including phenoxy) is 1. The molecule has 0 fully saturated rings. The van der Waals surface area contributed by atoms with E-state index >= 15 is 0 Å². The topological polar surface area (TPSA) is 21.3 Å². The highest BCUT2D eigenvalue weighted by atomic mass is 79.9. The van der Waals surface area contributed by atoms with Gasteiger partial charge in [-0.3, -0.25) is 0 Å². The van der Waals surface area contributed by atoms with Gasteiger partial charge in [0, 0.05) is 27.9 Å². The van der Waals surface area contributed by atoms with Crippen LogP contribution in [0.1, 0.15) is 18.2 Å². The second-order valence-corrected chi connectivity index (χ2v) is 5.45. The number of nitrogens with one attached hydrogen (secondary N) is 1. The largest absolute Gasteiger partial charge is 0.383 e. The summed E-state index contributed by atoms with van der Waals surface area (Å²) >= 11 is 5.27. The number of hydrogen-bond acceptors (Lipinski definition) is 3. The molecule has 0 aliphatic rings. The second kappa shape index (κ2) is 7.39. The van der Waals surface area contributed by atoms with Crippen LogP contribution in [0.25, 0.3) is 0 Å². The first-order valence-electron chi connectivity index (χ1n) is 5.21. The van der Waals surface area contributed by atoms with E-state index in [-0.39, 0.29) is 0 Å². The van der Waals surface area contributed by atoms with Crippen LogP contribution in [0.5, 0.6) is 0 Å². The third-order valence-corrected chi connectivity index (χ3v) is 3.84. The van der Waals surface area contributed by atoms with Crippen molar-refractivity contribution in [1.82, 2.24) is 5.32 Å². The summed E-state index contributed by atoms with van der Waals surface area (Å²) in [6, 6.07) is 2.61. The molecule has 1 aromatic heterocycles. The summed E-state index contributed by atoms with van der Waals surface area (Å²) in [5.41, 5.74) is 0.